The number of hydrogen-bond acceptors (Lipinski definition) is 5. The zero-order chi connectivity index (χ0) is 17.8. The number of hydrogen-bond donors (Lipinski definition) is 1. The minimum absolute atomic E-state index is 0.0894. The number of nitrogens with zero attached hydrogens (tertiary/aromatic N) is 1. The van der Waals surface area contributed by atoms with Gasteiger partial charge in [0, 0.05) is 13.2 Å². The van der Waals surface area contributed by atoms with E-state index in [2.05, 4.69) is 10.5 Å². The van der Waals surface area contributed by atoms with Gasteiger partial charge < -0.3 is 19.3 Å². The average Bonchev–Trinajstić information content (AvgIpc) is 3.24. The van der Waals surface area contributed by atoms with Gasteiger partial charge in [-0.2, -0.15) is 0 Å². The fourth-order valence-electron chi connectivity index (χ4n) is 2.87. The van der Waals surface area contributed by atoms with Crippen LogP contribution in [-0.2, 0) is 11.3 Å². The molecule has 1 N–H and O–H groups in total. The van der Waals surface area contributed by atoms with E-state index in [1.165, 1.54) is 0 Å². The lowest BCUT2D eigenvalue weighted by Crippen LogP contribution is -2.32. The zero-order valence-electron chi connectivity index (χ0n) is 14.9. The second-order valence-electron chi connectivity index (χ2n) is 6.40. The predicted molar refractivity (Wildman–Crippen MR) is 92.8 cm³/mol. The first kappa shape index (κ1) is 17.5. The third-order valence-corrected chi connectivity index (χ3v) is 4.64. The summed E-state index contributed by atoms with van der Waals surface area (Å²) in [5, 5.41) is 6.78. The van der Waals surface area contributed by atoms with Crippen molar-refractivity contribution in [1.29, 1.82) is 0 Å². The molecule has 25 heavy (non-hydrogen) atoms. The summed E-state index contributed by atoms with van der Waals surface area (Å²) >= 11 is 0. The molecule has 1 aliphatic rings. The molecule has 6 nitrogen and oxygen atoms in total. The Balaban J connectivity index is 1.66. The van der Waals surface area contributed by atoms with Gasteiger partial charge in [0.2, 0.25) is 0 Å². The lowest BCUT2D eigenvalue weighted by atomic mass is 10.1. The number of benzene rings is 1. The van der Waals surface area contributed by atoms with Crippen molar-refractivity contribution in [2.24, 2.45) is 0 Å². The number of nitrogens with one attached hydrogen (secondary N) is 1. The third kappa shape index (κ3) is 4.02. The molecule has 1 fully saturated rings. The molecular formula is C19H24N2O4. The second-order valence-corrected chi connectivity index (χ2v) is 6.40. The maximum atomic E-state index is 12.4. The van der Waals surface area contributed by atoms with Crippen LogP contribution in [0.15, 0.2) is 22.7 Å². The van der Waals surface area contributed by atoms with Crippen LogP contribution in [0, 0.1) is 20.8 Å². The van der Waals surface area contributed by atoms with Gasteiger partial charge in [-0.05, 0) is 50.8 Å². The van der Waals surface area contributed by atoms with Crippen LogP contribution in [0.3, 0.4) is 0 Å². The van der Waals surface area contributed by atoms with Crippen molar-refractivity contribution >= 4 is 5.91 Å². The summed E-state index contributed by atoms with van der Waals surface area (Å²) in [6.07, 6.45) is 2.10. The SMILES string of the molecule is Cc1cccc(OCc2c(C(=O)NCC3CCCO3)noc2C)c1C. The molecule has 1 unspecified atom stereocenters. The smallest absolute Gasteiger partial charge is 0.273 e. The maximum absolute atomic E-state index is 12.4. The molecule has 1 aromatic heterocycles. The van der Waals surface area contributed by atoms with Crippen molar-refractivity contribution in [3.63, 3.8) is 0 Å². The third-order valence-electron chi connectivity index (χ3n) is 4.64. The minimum atomic E-state index is -0.257. The van der Waals surface area contributed by atoms with Crippen LogP contribution in [0.1, 0.15) is 45.8 Å². The molecule has 0 saturated carbocycles. The Hall–Kier alpha value is -2.34. The lowest BCUT2D eigenvalue weighted by Gasteiger charge is -2.12. The van der Waals surface area contributed by atoms with Crippen LogP contribution >= 0.6 is 0 Å². The van der Waals surface area contributed by atoms with E-state index < -0.39 is 0 Å². The van der Waals surface area contributed by atoms with E-state index in [1.807, 2.05) is 32.0 Å². The topological polar surface area (TPSA) is 73.6 Å². The molecule has 0 spiro atoms. The van der Waals surface area contributed by atoms with Gasteiger partial charge >= 0.3 is 0 Å². The van der Waals surface area contributed by atoms with Crippen LogP contribution in [0.2, 0.25) is 0 Å². The molecule has 1 amide bonds. The molecule has 6 heteroatoms. The molecule has 2 aromatic rings. The maximum Gasteiger partial charge on any atom is 0.273 e. The molecule has 0 bridgehead atoms. The van der Waals surface area contributed by atoms with E-state index in [1.54, 1.807) is 6.92 Å². The van der Waals surface area contributed by atoms with Crippen LogP contribution in [0.4, 0.5) is 0 Å². The molecule has 134 valence electrons. The summed E-state index contributed by atoms with van der Waals surface area (Å²) in [6.45, 7) is 7.33. The number of rotatable bonds is 6. The Morgan fingerprint density at radius 3 is 2.96 bits per heavy atom. The van der Waals surface area contributed by atoms with Crippen molar-refractivity contribution in [2.45, 2.75) is 46.3 Å². The van der Waals surface area contributed by atoms with Crippen LogP contribution in [0.25, 0.3) is 0 Å². The zero-order valence-corrected chi connectivity index (χ0v) is 14.9. The molecule has 0 radical (unpaired) electrons. The summed E-state index contributed by atoms with van der Waals surface area (Å²) < 4.78 is 16.6. The first-order valence-electron chi connectivity index (χ1n) is 8.60. The van der Waals surface area contributed by atoms with Crippen molar-refractivity contribution in [3.05, 3.63) is 46.3 Å². The van der Waals surface area contributed by atoms with E-state index in [-0.39, 0.29) is 24.3 Å². The highest BCUT2D eigenvalue weighted by Gasteiger charge is 2.22. The standard InChI is InChI=1S/C19H24N2O4/c1-12-6-4-8-17(13(12)2)24-11-16-14(3)25-21-18(16)19(22)20-10-15-7-5-9-23-15/h4,6,8,15H,5,7,9-11H2,1-3H3,(H,20,22). The molecule has 0 aliphatic carbocycles. The van der Waals surface area contributed by atoms with Crippen LogP contribution < -0.4 is 10.1 Å². The van der Waals surface area contributed by atoms with Gasteiger partial charge in [-0.1, -0.05) is 17.3 Å². The molecule has 2 heterocycles. The van der Waals surface area contributed by atoms with E-state index in [4.69, 9.17) is 14.0 Å². The Kier molecular flexibility index (Phi) is 5.38. The highest BCUT2D eigenvalue weighted by atomic mass is 16.5. The van der Waals surface area contributed by atoms with Gasteiger partial charge in [-0.15, -0.1) is 0 Å². The van der Waals surface area contributed by atoms with Gasteiger partial charge in [0.25, 0.3) is 5.91 Å². The number of aromatic nitrogens is 1. The first-order valence-corrected chi connectivity index (χ1v) is 8.60. The monoisotopic (exact) mass is 344 g/mol. The predicted octanol–water partition coefficient (Wildman–Crippen LogP) is 3.09. The molecule has 1 aromatic carbocycles. The summed E-state index contributed by atoms with van der Waals surface area (Å²) in [6, 6.07) is 5.91. The van der Waals surface area contributed by atoms with Gasteiger partial charge in [0.1, 0.15) is 18.1 Å². The molecule has 1 atom stereocenters. The van der Waals surface area contributed by atoms with Gasteiger partial charge in [-0.25, -0.2) is 0 Å². The van der Waals surface area contributed by atoms with E-state index in [0.717, 1.165) is 36.3 Å². The summed E-state index contributed by atoms with van der Waals surface area (Å²) in [7, 11) is 0. The minimum Gasteiger partial charge on any atom is -0.488 e. The van der Waals surface area contributed by atoms with Crippen molar-refractivity contribution in [1.82, 2.24) is 10.5 Å². The second kappa shape index (κ2) is 7.70. The van der Waals surface area contributed by atoms with Crippen LogP contribution in [0.5, 0.6) is 5.75 Å². The van der Waals surface area contributed by atoms with Crippen molar-refractivity contribution < 1.29 is 18.8 Å². The van der Waals surface area contributed by atoms with E-state index >= 15 is 0 Å². The molecular weight excluding hydrogens is 320 g/mol. The highest BCUT2D eigenvalue weighted by Crippen LogP contribution is 2.23. The quantitative estimate of drug-likeness (QED) is 0.872. The number of carbonyl (C=O) groups is 1. The Morgan fingerprint density at radius 1 is 1.36 bits per heavy atom. The van der Waals surface area contributed by atoms with Gasteiger partial charge in [0.15, 0.2) is 5.69 Å². The number of ether oxygens (including phenoxy) is 2. The fourth-order valence-corrected chi connectivity index (χ4v) is 2.87. The normalized spacial score (nSPS) is 16.8. The van der Waals surface area contributed by atoms with E-state index in [0.29, 0.717) is 17.9 Å². The Bertz CT molecular complexity index is 748. The summed E-state index contributed by atoms with van der Waals surface area (Å²) in [5.41, 5.74) is 3.20. The van der Waals surface area contributed by atoms with Crippen molar-refractivity contribution in [2.75, 3.05) is 13.2 Å². The average molecular weight is 344 g/mol. The van der Waals surface area contributed by atoms with Crippen LogP contribution in [-0.4, -0.2) is 30.3 Å². The highest BCUT2D eigenvalue weighted by molar-refractivity contribution is 5.93. The van der Waals surface area contributed by atoms with Gasteiger partial charge in [-0.3, -0.25) is 4.79 Å². The molecule has 1 aliphatic heterocycles. The Labute approximate surface area is 147 Å². The molecule has 3 rings (SSSR count). The molecule has 1 saturated heterocycles. The number of amides is 1. The summed E-state index contributed by atoms with van der Waals surface area (Å²) in [5.74, 6) is 1.13. The van der Waals surface area contributed by atoms with Gasteiger partial charge in [0.05, 0.1) is 11.7 Å². The summed E-state index contributed by atoms with van der Waals surface area (Å²) in [4.78, 5) is 12.4. The van der Waals surface area contributed by atoms with Crippen molar-refractivity contribution in [3.8, 4) is 5.75 Å². The lowest BCUT2D eigenvalue weighted by molar-refractivity contribution is 0.0848. The number of carbonyl (C=O) groups excluding carboxylic acids is 1. The largest absolute Gasteiger partial charge is 0.488 e. The fraction of sp³-hybridized carbons (Fsp3) is 0.474. The Morgan fingerprint density at radius 2 is 2.20 bits per heavy atom. The van der Waals surface area contributed by atoms with E-state index in [9.17, 15) is 4.79 Å². The first-order chi connectivity index (χ1) is 12.1. The number of aryl methyl sites for hydroxylation is 2.